The van der Waals surface area contributed by atoms with E-state index >= 15 is 0 Å². The maximum Gasteiger partial charge on any atom is 0.141 e. The van der Waals surface area contributed by atoms with E-state index in [0.717, 1.165) is 25.5 Å². The van der Waals surface area contributed by atoms with Gasteiger partial charge in [-0.05, 0) is 29.5 Å². The van der Waals surface area contributed by atoms with Crippen LogP contribution in [0.1, 0.15) is 50.6 Å². The molecule has 0 bridgehead atoms. The van der Waals surface area contributed by atoms with E-state index in [-0.39, 0.29) is 0 Å². The summed E-state index contributed by atoms with van der Waals surface area (Å²) in [6, 6.07) is 8.77. The minimum atomic E-state index is 0.571. The van der Waals surface area contributed by atoms with Gasteiger partial charge in [0.1, 0.15) is 12.2 Å². The number of rotatable bonds is 7. The van der Waals surface area contributed by atoms with Crippen LogP contribution in [0.2, 0.25) is 0 Å². The molecular weight excluding hydrogens is 260 g/mol. The van der Waals surface area contributed by atoms with E-state index in [1.165, 1.54) is 11.1 Å². The Morgan fingerprint density at radius 2 is 1.81 bits per heavy atom. The van der Waals surface area contributed by atoms with E-state index in [9.17, 15) is 0 Å². The Balaban J connectivity index is 1.98. The second kappa shape index (κ2) is 7.36. The third kappa shape index (κ3) is 4.67. The van der Waals surface area contributed by atoms with Crippen LogP contribution < -0.4 is 5.32 Å². The molecule has 0 saturated heterocycles. The zero-order valence-electron chi connectivity index (χ0n) is 13.5. The molecule has 1 N–H and O–H groups in total. The summed E-state index contributed by atoms with van der Waals surface area (Å²) in [7, 11) is 0. The molecule has 0 atom stereocenters. The van der Waals surface area contributed by atoms with E-state index in [2.05, 4.69) is 67.4 Å². The number of aromatic nitrogens is 3. The third-order valence-electron chi connectivity index (χ3n) is 3.51. The standard InChI is InChI=1S/C17H26N4/c1-13(2)9-18-10-17-19-12-20-21(17)11-15-5-7-16(8-6-15)14(3)4/h5-8,12-14,18H,9-11H2,1-4H3. The first-order valence-corrected chi connectivity index (χ1v) is 7.72. The lowest BCUT2D eigenvalue weighted by Gasteiger charge is -2.10. The Morgan fingerprint density at radius 1 is 1.10 bits per heavy atom. The fourth-order valence-electron chi connectivity index (χ4n) is 2.21. The molecule has 1 aromatic carbocycles. The summed E-state index contributed by atoms with van der Waals surface area (Å²) in [6.07, 6.45) is 1.63. The smallest absolute Gasteiger partial charge is 0.141 e. The molecule has 0 radical (unpaired) electrons. The molecule has 21 heavy (non-hydrogen) atoms. The SMILES string of the molecule is CC(C)CNCc1ncnn1Cc1ccc(C(C)C)cc1. The zero-order chi connectivity index (χ0) is 15.2. The molecule has 1 aromatic heterocycles. The summed E-state index contributed by atoms with van der Waals surface area (Å²) in [4.78, 5) is 4.34. The Kier molecular flexibility index (Phi) is 5.51. The molecule has 1 heterocycles. The van der Waals surface area contributed by atoms with Gasteiger partial charge in [-0.3, -0.25) is 0 Å². The van der Waals surface area contributed by atoms with Crippen molar-refractivity contribution in [1.29, 1.82) is 0 Å². The van der Waals surface area contributed by atoms with Crippen LogP contribution in [-0.4, -0.2) is 21.3 Å². The molecule has 2 aromatic rings. The van der Waals surface area contributed by atoms with Gasteiger partial charge in [0, 0.05) is 0 Å². The lowest BCUT2D eigenvalue weighted by atomic mass is 10.0. The molecule has 2 rings (SSSR count). The highest BCUT2D eigenvalue weighted by Crippen LogP contribution is 2.15. The monoisotopic (exact) mass is 286 g/mol. The van der Waals surface area contributed by atoms with Crippen molar-refractivity contribution < 1.29 is 0 Å². The van der Waals surface area contributed by atoms with Gasteiger partial charge in [-0.2, -0.15) is 5.10 Å². The van der Waals surface area contributed by atoms with Gasteiger partial charge in [0.05, 0.1) is 13.1 Å². The number of hydrogen-bond acceptors (Lipinski definition) is 3. The third-order valence-corrected chi connectivity index (χ3v) is 3.51. The van der Waals surface area contributed by atoms with Crippen molar-refractivity contribution in [2.45, 2.75) is 46.7 Å². The van der Waals surface area contributed by atoms with Crippen LogP contribution in [0.4, 0.5) is 0 Å². The fraction of sp³-hybridized carbons (Fsp3) is 0.529. The van der Waals surface area contributed by atoms with E-state index < -0.39 is 0 Å². The Hall–Kier alpha value is -1.68. The molecule has 0 unspecified atom stereocenters. The highest BCUT2D eigenvalue weighted by atomic mass is 15.3. The molecule has 0 spiro atoms. The van der Waals surface area contributed by atoms with Crippen LogP contribution in [0, 0.1) is 5.92 Å². The van der Waals surface area contributed by atoms with E-state index in [4.69, 9.17) is 0 Å². The summed E-state index contributed by atoms with van der Waals surface area (Å²) >= 11 is 0. The number of hydrogen-bond donors (Lipinski definition) is 1. The van der Waals surface area contributed by atoms with Gasteiger partial charge in [0.2, 0.25) is 0 Å². The highest BCUT2D eigenvalue weighted by molar-refractivity contribution is 5.24. The molecule has 0 saturated carbocycles. The maximum absolute atomic E-state index is 4.34. The quantitative estimate of drug-likeness (QED) is 0.850. The van der Waals surface area contributed by atoms with Crippen molar-refractivity contribution in [3.8, 4) is 0 Å². The van der Waals surface area contributed by atoms with Crippen molar-refractivity contribution in [3.63, 3.8) is 0 Å². The predicted molar refractivity (Wildman–Crippen MR) is 86.2 cm³/mol. The van der Waals surface area contributed by atoms with E-state index in [0.29, 0.717) is 11.8 Å². The normalized spacial score (nSPS) is 11.5. The summed E-state index contributed by atoms with van der Waals surface area (Å²) in [5.41, 5.74) is 2.63. The average Bonchev–Trinajstić information content (AvgIpc) is 2.86. The maximum atomic E-state index is 4.34. The van der Waals surface area contributed by atoms with Crippen molar-refractivity contribution in [2.24, 2.45) is 5.92 Å². The van der Waals surface area contributed by atoms with Gasteiger partial charge in [-0.1, -0.05) is 52.0 Å². The zero-order valence-corrected chi connectivity index (χ0v) is 13.5. The summed E-state index contributed by atoms with van der Waals surface area (Å²) in [5.74, 6) is 2.20. The van der Waals surface area contributed by atoms with Crippen LogP contribution in [0.15, 0.2) is 30.6 Å². The number of benzene rings is 1. The summed E-state index contributed by atoms with van der Waals surface area (Å²) < 4.78 is 1.97. The number of nitrogens with zero attached hydrogens (tertiary/aromatic N) is 3. The predicted octanol–water partition coefficient (Wildman–Crippen LogP) is 3.20. The first-order chi connectivity index (χ1) is 10.1. The first kappa shape index (κ1) is 15.7. The van der Waals surface area contributed by atoms with E-state index in [1.54, 1.807) is 6.33 Å². The lowest BCUT2D eigenvalue weighted by molar-refractivity contribution is 0.523. The minimum absolute atomic E-state index is 0.571. The topological polar surface area (TPSA) is 42.7 Å². The van der Waals surface area contributed by atoms with Crippen molar-refractivity contribution in [2.75, 3.05) is 6.54 Å². The second-order valence-corrected chi connectivity index (χ2v) is 6.25. The minimum Gasteiger partial charge on any atom is -0.310 e. The first-order valence-electron chi connectivity index (χ1n) is 7.72. The molecular formula is C17H26N4. The van der Waals surface area contributed by atoms with Gasteiger partial charge < -0.3 is 5.32 Å². The van der Waals surface area contributed by atoms with Crippen LogP contribution in [0.25, 0.3) is 0 Å². The molecule has 0 aliphatic carbocycles. The Morgan fingerprint density at radius 3 is 2.43 bits per heavy atom. The Labute approximate surface area is 127 Å². The summed E-state index contributed by atoms with van der Waals surface area (Å²) in [5, 5.41) is 7.75. The largest absolute Gasteiger partial charge is 0.310 e. The van der Waals surface area contributed by atoms with Gasteiger partial charge in [0.15, 0.2) is 0 Å². The summed E-state index contributed by atoms with van der Waals surface area (Å²) in [6.45, 7) is 11.4. The molecule has 4 heteroatoms. The lowest BCUT2D eigenvalue weighted by Crippen LogP contribution is -2.22. The molecule has 0 aliphatic heterocycles. The van der Waals surface area contributed by atoms with Gasteiger partial charge in [0.25, 0.3) is 0 Å². The molecule has 4 nitrogen and oxygen atoms in total. The molecule has 0 aliphatic rings. The average molecular weight is 286 g/mol. The van der Waals surface area contributed by atoms with Crippen LogP contribution in [0.3, 0.4) is 0 Å². The highest BCUT2D eigenvalue weighted by Gasteiger charge is 2.06. The molecule has 0 fully saturated rings. The van der Waals surface area contributed by atoms with Crippen LogP contribution >= 0.6 is 0 Å². The van der Waals surface area contributed by atoms with Crippen molar-refractivity contribution in [3.05, 3.63) is 47.5 Å². The second-order valence-electron chi connectivity index (χ2n) is 6.25. The van der Waals surface area contributed by atoms with Crippen LogP contribution in [-0.2, 0) is 13.1 Å². The Bertz CT molecular complexity index is 540. The molecule has 0 amide bonds. The van der Waals surface area contributed by atoms with E-state index in [1.807, 2.05) is 4.68 Å². The molecule has 114 valence electrons. The van der Waals surface area contributed by atoms with Crippen molar-refractivity contribution >= 4 is 0 Å². The number of nitrogens with one attached hydrogen (secondary N) is 1. The van der Waals surface area contributed by atoms with Gasteiger partial charge >= 0.3 is 0 Å². The fourth-order valence-corrected chi connectivity index (χ4v) is 2.21. The van der Waals surface area contributed by atoms with Gasteiger partial charge in [-0.15, -0.1) is 0 Å². The van der Waals surface area contributed by atoms with Crippen LogP contribution in [0.5, 0.6) is 0 Å². The van der Waals surface area contributed by atoms with Gasteiger partial charge in [-0.25, -0.2) is 9.67 Å². The van der Waals surface area contributed by atoms with Crippen molar-refractivity contribution in [1.82, 2.24) is 20.1 Å².